The SMILES string of the molecule is O=P(c1ccccc1)(c1ccccc1)c1ccc(-c2ccc(C(c3cccc(C(F)(F)F)c3)(c3cccc(C(F)(F)F)c3)c3cc4cccc5ccc6cccc3c6c54)cc2)cc1. The zero-order valence-electron chi connectivity index (χ0n) is 33.3. The highest BCUT2D eigenvalue weighted by molar-refractivity contribution is 7.85. The third kappa shape index (κ3) is 6.70. The molecule has 0 N–H and O–H groups in total. The summed E-state index contributed by atoms with van der Waals surface area (Å²) in [6, 6.07) is 60.8. The van der Waals surface area contributed by atoms with Crippen molar-refractivity contribution in [2.75, 3.05) is 0 Å². The Kier molecular flexibility index (Phi) is 9.65. The first kappa shape index (κ1) is 40.1. The second kappa shape index (κ2) is 15.1. The Morgan fingerprint density at radius 3 is 1.29 bits per heavy atom. The summed E-state index contributed by atoms with van der Waals surface area (Å²) in [5.41, 5.74) is -0.710. The zero-order valence-corrected chi connectivity index (χ0v) is 34.2. The van der Waals surface area contributed by atoms with E-state index in [0.717, 1.165) is 62.3 Å². The number of hydrogen-bond donors (Lipinski definition) is 0. The van der Waals surface area contributed by atoms with Crippen LogP contribution >= 0.6 is 7.14 Å². The average molecular weight is 857 g/mol. The Morgan fingerprint density at radius 2 is 0.762 bits per heavy atom. The van der Waals surface area contributed by atoms with Crippen LogP contribution in [0.3, 0.4) is 0 Å². The van der Waals surface area contributed by atoms with Crippen molar-refractivity contribution in [3.63, 3.8) is 0 Å². The van der Waals surface area contributed by atoms with Gasteiger partial charge < -0.3 is 4.57 Å². The molecule has 10 rings (SSSR count). The molecule has 1 nitrogen and oxygen atoms in total. The van der Waals surface area contributed by atoms with Crippen LogP contribution in [0.15, 0.2) is 212 Å². The molecule has 0 unspecified atom stereocenters. The lowest BCUT2D eigenvalue weighted by Gasteiger charge is -2.39. The maximum Gasteiger partial charge on any atom is 0.416 e. The monoisotopic (exact) mass is 856 g/mol. The summed E-state index contributed by atoms with van der Waals surface area (Å²) >= 11 is 0. The normalized spacial score (nSPS) is 12.7. The van der Waals surface area contributed by atoms with E-state index < -0.39 is 36.0 Å². The summed E-state index contributed by atoms with van der Waals surface area (Å²) < 4.78 is 103. The molecular weight excluding hydrogens is 822 g/mol. The Bertz CT molecular complexity index is 3220. The fourth-order valence-electron chi connectivity index (χ4n) is 9.40. The quantitative estimate of drug-likeness (QED) is 0.0644. The van der Waals surface area contributed by atoms with Gasteiger partial charge in [0.15, 0.2) is 7.14 Å². The second-order valence-corrected chi connectivity index (χ2v) is 18.6. The van der Waals surface area contributed by atoms with Crippen LogP contribution in [0.2, 0.25) is 0 Å². The molecule has 0 heterocycles. The van der Waals surface area contributed by atoms with Gasteiger partial charge in [-0.3, -0.25) is 0 Å². The molecule has 0 amide bonds. The summed E-state index contributed by atoms with van der Waals surface area (Å²) in [6.07, 6.45) is -9.48. The van der Waals surface area contributed by atoms with Crippen LogP contribution in [0.1, 0.15) is 33.4 Å². The molecule has 10 aromatic rings. The number of benzene rings is 10. The van der Waals surface area contributed by atoms with Crippen molar-refractivity contribution in [1.29, 1.82) is 0 Å². The molecule has 0 aliphatic rings. The van der Waals surface area contributed by atoms with E-state index in [1.807, 2.05) is 152 Å². The van der Waals surface area contributed by atoms with E-state index in [1.165, 1.54) is 12.1 Å². The van der Waals surface area contributed by atoms with Crippen molar-refractivity contribution in [3.8, 4) is 11.1 Å². The average Bonchev–Trinajstić information content (AvgIpc) is 3.31. The minimum atomic E-state index is -4.74. The van der Waals surface area contributed by atoms with Gasteiger partial charge in [-0.25, -0.2) is 0 Å². The first-order chi connectivity index (χ1) is 30.4. The predicted molar refractivity (Wildman–Crippen MR) is 243 cm³/mol. The Labute approximate surface area is 359 Å². The van der Waals surface area contributed by atoms with Gasteiger partial charge in [-0.1, -0.05) is 194 Å². The maximum atomic E-state index is 15.1. The van der Waals surface area contributed by atoms with Gasteiger partial charge in [0.1, 0.15) is 0 Å². The van der Waals surface area contributed by atoms with Gasteiger partial charge in [-0.2, -0.15) is 26.3 Å². The third-order valence-electron chi connectivity index (χ3n) is 12.3. The van der Waals surface area contributed by atoms with E-state index in [-0.39, 0.29) is 11.1 Å². The van der Waals surface area contributed by atoms with Crippen molar-refractivity contribution in [1.82, 2.24) is 0 Å². The highest BCUT2D eigenvalue weighted by atomic mass is 31.2. The van der Waals surface area contributed by atoms with Gasteiger partial charge in [0, 0.05) is 15.9 Å². The van der Waals surface area contributed by atoms with Crippen molar-refractivity contribution < 1.29 is 30.9 Å². The zero-order chi connectivity index (χ0) is 43.6. The molecule has 0 saturated heterocycles. The van der Waals surface area contributed by atoms with E-state index in [1.54, 1.807) is 24.3 Å². The maximum absolute atomic E-state index is 15.1. The van der Waals surface area contributed by atoms with Crippen molar-refractivity contribution in [2.24, 2.45) is 0 Å². The van der Waals surface area contributed by atoms with Crippen molar-refractivity contribution in [2.45, 2.75) is 17.8 Å². The van der Waals surface area contributed by atoms with E-state index in [0.29, 0.717) is 32.4 Å². The van der Waals surface area contributed by atoms with Crippen molar-refractivity contribution >= 4 is 55.4 Å². The minimum Gasteiger partial charge on any atom is -0.309 e. The molecule has 0 fully saturated rings. The highest BCUT2D eigenvalue weighted by Gasteiger charge is 2.43. The van der Waals surface area contributed by atoms with Crippen LogP contribution in [-0.4, -0.2) is 0 Å². The number of halogens is 6. The topological polar surface area (TPSA) is 17.1 Å². The van der Waals surface area contributed by atoms with Gasteiger partial charge in [-0.05, 0) is 83.9 Å². The Morgan fingerprint density at radius 1 is 0.333 bits per heavy atom. The van der Waals surface area contributed by atoms with Crippen LogP contribution in [0.5, 0.6) is 0 Å². The molecule has 0 atom stereocenters. The molecule has 0 aromatic heterocycles. The Hall–Kier alpha value is -6.95. The molecule has 0 spiro atoms. The van der Waals surface area contributed by atoms with Gasteiger partial charge >= 0.3 is 12.4 Å². The number of alkyl halides is 6. The lowest BCUT2D eigenvalue weighted by atomic mass is 9.63. The van der Waals surface area contributed by atoms with E-state index in [2.05, 4.69) is 0 Å². The molecule has 63 heavy (non-hydrogen) atoms. The van der Waals surface area contributed by atoms with Gasteiger partial charge in [0.2, 0.25) is 0 Å². The molecule has 10 aromatic carbocycles. The predicted octanol–water partition coefficient (Wildman–Crippen LogP) is 14.3. The van der Waals surface area contributed by atoms with Gasteiger partial charge in [0.25, 0.3) is 0 Å². The largest absolute Gasteiger partial charge is 0.416 e. The molecular formula is C55H35F6OP. The standard InChI is InChI=1S/C55H35F6OP/c56-54(57,58)44-16-9-14-42(34-44)53(43-15-10-17-45(35-43)55(59,60)61,50-33-40-13-7-11-38-23-24-39-12-8-22-49(50)52(39)51(38)40)41-29-25-36(26-30-41)37-27-31-48(32-28-37)63(62,46-18-3-1-4-19-46)47-20-5-2-6-21-47/h1-35H. The fraction of sp³-hybridized carbons (Fsp3) is 0.0545. The lowest BCUT2D eigenvalue weighted by molar-refractivity contribution is -0.138. The van der Waals surface area contributed by atoms with Crippen LogP contribution in [-0.2, 0) is 22.3 Å². The molecule has 0 aliphatic heterocycles. The molecule has 0 saturated carbocycles. The summed E-state index contributed by atoms with van der Waals surface area (Å²) in [5, 5.41) is 7.21. The van der Waals surface area contributed by atoms with Crippen molar-refractivity contribution in [3.05, 3.63) is 246 Å². The van der Waals surface area contributed by atoms with E-state index in [9.17, 15) is 26.3 Å². The summed E-state index contributed by atoms with van der Waals surface area (Å²) in [7, 11) is -3.26. The lowest BCUT2D eigenvalue weighted by Crippen LogP contribution is -2.32. The summed E-state index contributed by atoms with van der Waals surface area (Å²) in [4.78, 5) is 0. The fourth-order valence-corrected chi connectivity index (χ4v) is 12.0. The van der Waals surface area contributed by atoms with Gasteiger partial charge in [-0.15, -0.1) is 0 Å². The summed E-state index contributed by atoms with van der Waals surface area (Å²) in [6.45, 7) is 0. The van der Waals surface area contributed by atoms with E-state index in [4.69, 9.17) is 0 Å². The minimum absolute atomic E-state index is 0.154. The smallest absolute Gasteiger partial charge is 0.309 e. The first-order valence-electron chi connectivity index (χ1n) is 20.3. The van der Waals surface area contributed by atoms with Gasteiger partial charge in [0.05, 0.1) is 16.5 Å². The second-order valence-electron chi connectivity index (χ2n) is 15.8. The van der Waals surface area contributed by atoms with Crippen LogP contribution < -0.4 is 15.9 Å². The molecule has 8 heteroatoms. The van der Waals surface area contributed by atoms with Crippen LogP contribution in [0.4, 0.5) is 26.3 Å². The Balaban J connectivity index is 1.22. The molecule has 0 bridgehead atoms. The van der Waals surface area contributed by atoms with Crippen LogP contribution in [0.25, 0.3) is 43.4 Å². The van der Waals surface area contributed by atoms with Crippen LogP contribution in [0, 0.1) is 0 Å². The molecule has 0 radical (unpaired) electrons. The molecule has 0 aliphatic carbocycles. The number of hydrogen-bond acceptors (Lipinski definition) is 1. The third-order valence-corrected chi connectivity index (χ3v) is 15.4. The number of rotatable bonds is 8. The first-order valence-corrected chi connectivity index (χ1v) is 22.0. The molecule has 308 valence electrons. The highest BCUT2D eigenvalue weighted by Crippen LogP contribution is 2.52. The summed E-state index contributed by atoms with van der Waals surface area (Å²) in [5.74, 6) is 0. The van der Waals surface area contributed by atoms with E-state index >= 15 is 4.57 Å².